The van der Waals surface area contributed by atoms with E-state index in [0.29, 0.717) is 0 Å². The number of ether oxygens (including phenoxy) is 2. The summed E-state index contributed by atoms with van der Waals surface area (Å²) in [5.41, 5.74) is 0. The summed E-state index contributed by atoms with van der Waals surface area (Å²) in [6.45, 7) is 0.412. The van der Waals surface area contributed by atoms with E-state index in [0.717, 1.165) is 24.3 Å². The molecule has 1 atom stereocenters. The fraction of sp³-hybridized carbons (Fsp3) is 0.200. The van der Waals surface area contributed by atoms with Crippen molar-refractivity contribution in [1.82, 2.24) is 0 Å². The summed E-state index contributed by atoms with van der Waals surface area (Å²) in [6.07, 6.45) is 0. The first-order valence-electron chi connectivity index (χ1n) is 6.94. The van der Waals surface area contributed by atoms with E-state index < -0.39 is 39.5 Å². The van der Waals surface area contributed by atoms with Crippen molar-refractivity contribution >= 4 is 10.1 Å². The van der Waals surface area contributed by atoms with Crippen LogP contribution in [0.3, 0.4) is 0 Å². The Hall–Kier alpha value is -1.53. The molecule has 10 heteroatoms. The van der Waals surface area contributed by atoms with Gasteiger partial charge in [-0.2, -0.15) is 0 Å². The maximum atomic E-state index is 15.9. The van der Waals surface area contributed by atoms with Crippen LogP contribution < -0.4 is 28.5 Å². The summed E-state index contributed by atoms with van der Waals surface area (Å²) in [5.74, 6) is 0.304. The number of fused-ring (bicyclic) bond motifs is 1. The Morgan fingerprint density at radius 2 is 1.56 bits per heavy atom. The molecule has 1 unspecified atom stereocenters. The van der Waals surface area contributed by atoms with Crippen LogP contribution >= 0.6 is 0 Å². The van der Waals surface area contributed by atoms with Crippen molar-refractivity contribution in [1.29, 1.82) is 0 Å². The summed E-state index contributed by atoms with van der Waals surface area (Å²) < 4.78 is 81.3. The van der Waals surface area contributed by atoms with E-state index >= 15 is 2.86 Å². The van der Waals surface area contributed by atoms with Gasteiger partial charge in [-0.05, 0) is 0 Å². The summed E-state index contributed by atoms with van der Waals surface area (Å²) in [4.78, 5) is 0. The Balaban J connectivity index is 2.26. The molecule has 0 radical (unpaired) electrons. The van der Waals surface area contributed by atoms with Crippen LogP contribution in [0.4, 0.5) is 11.6 Å². The molecule has 1 N–H and O–H groups in total. The van der Waals surface area contributed by atoms with E-state index in [1.54, 1.807) is 0 Å². The van der Waals surface area contributed by atoms with Crippen LogP contribution in [0.15, 0.2) is 48.5 Å². The van der Waals surface area contributed by atoms with Gasteiger partial charge < -0.3 is 0 Å². The molecule has 25 heavy (non-hydrogen) atoms. The minimum absolute atomic E-state index is 0.0523. The van der Waals surface area contributed by atoms with Crippen LogP contribution in [-0.4, -0.2) is 29.4 Å². The summed E-state index contributed by atoms with van der Waals surface area (Å²) in [5, 5.41) is 0. The maximum absolute atomic E-state index is 15.9. The molecule has 0 saturated carbocycles. The SMILES string of the molecule is O=S(=O)(O)C(F)(F)[I-](F)(c1ccccc1)c1ccc2c(c1)OCCO2. The molecule has 5 nitrogen and oxygen atoms in total. The summed E-state index contributed by atoms with van der Waals surface area (Å²) in [7, 11) is -5.98. The van der Waals surface area contributed by atoms with Gasteiger partial charge in [-0.25, -0.2) is 0 Å². The van der Waals surface area contributed by atoms with Gasteiger partial charge in [0.05, 0.1) is 0 Å². The zero-order valence-electron chi connectivity index (χ0n) is 12.5. The zero-order valence-corrected chi connectivity index (χ0v) is 15.5. The van der Waals surface area contributed by atoms with Gasteiger partial charge in [-0.3, -0.25) is 0 Å². The second kappa shape index (κ2) is 6.32. The molecular formula is C15H13F3IO5S-. The fourth-order valence-electron chi connectivity index (χ4n) is 2.28. The van der Waals surface area contributed by atoms with E-state index in [4.69, 9.17) is 14.0 Å². The predicted molar refractivity (Wildman–Crippen MR) is 78.9 cm³/mol. The average Bonchev–Trinajstić information content (AvgIpc) is 2.60. The number of hydrogen-bond donors (Lipinski definition) is 1. The van der Waals surface area contributed by atoms with Crippen molar-refractivity contribution < 1.29 is 53.1 Å². The van der Waals surface area contributed by atoms with Crippen molar-refractivity contribution in [2.24, 2.45) is 0 Å². The predicted octanol–water partition coefficient (Wildman–Crippen LogP) is -0.0198. The van der Waals surface area contributed by atoms with Crippen LogP contribution in [0.2, 0.25) is 0 Å². The van der Waals surface area contributed by atoms with Crippen LogP contribution in [0.5, 0.6) is 11.5 Å². The van der Waals surface area contributed by atoms with E-state index in [-0.39, 0.29) is 24.7 Å². The molecule has 1 aliphatic heterocycles. The second-order valence-corrected chi connectivity index (χ2v) is 13.9. The monoisotopic (exact) mass is 489 g/mol. The van der Waals surface area contributed by atoms with Gasteiger partial charge in [0, 0.05) is 0 Å². The minimum atomic E-state index is -6.29. The molecule has 1 heterocycles. The van der Waals surface area contributed by atoms with Crippen LogP contribution in [-0.2, 0) is 10.1 Å². The van der Waals surface area contributed by atoms with Gasteiger partial charge in [0.25, 0.3) is 0 Å². The first kappa shape index (κ1) is 18.3. The molecule has 2 aromatic carbocycles. The van der Waals surface area contributed by atoms with Gasteiger partial charge in [-0.1, -0.05) is 0 Å². The standard InChI is InChI=1S/C15H13F3IO5S/c16-15(17,25(20,21)22)19(18,11-4-2-1-3-5-11)12-6-7-13-14(10-12)24-9-8-23-13/h1-7,10H,8-9H2,(H,20,21,22)/q-1. The first-order chi connectivity index (χ1) is 11.7. The molecule has 1 aliphatic rings. The Morgan fingerprint density at radius 1 is 0.960 bits per heavy atom. The van der Waals surface area contributed by atoms with Gasteiger partial charge >= 0.3 is 147 Å². The normalized spacial score (nSPS) is 18.2. The Labute approximate surface area is 146 Å². The van der Waals surface area contributed by atoms with Gasteiger partial charge in [-0.15, -0.1) is 0 Å². The summed E-state index contributed by atoms with van der Waals surface area (Å²) in [6, 6.07) is 9.65. The van der Waals surface area contributed by atoms with Crippen LogP contribution in [0.25, 0.3) is 0 Å². The molecule has 0 bridgehead atoms. The quantitative estimate of drug-likeness (QED) is 0.372. The van der Waals surface area contributed by atoms with Crippen molar-refractivity contribution in [3.05, 3.63) is 55.7 Å². The van der Waals surface area contributed by atoms with Crippen molar-refractivity contribution in [3.8, 4) is 11.5 Å². The molecule has 0 spiro atoms. The van der Waals surface area contributed by atoms with E-state index in [1.165, 1.54) is 24.3 Å². The van der Waals surface area contributed by atoms with Crippen LogP contribution in [0, 0.1) is 7.14 Å². The zero-order chi connectivity index (χ0) is 18.3. The first-order valence-corrected chi connectivity index (χ1v) is 12.4. The van der Waals surface area contributed by atoms with Gasteiger partial charge in [0.2, 0.25) is 0 Å². The van der Waals surface area contributed by atoms with Crippen molar-refractivity contribution in [2.75, 3.05) is 13.2 Å². The molecule has 3 rings (SSSR count). The molecule has 0 aliphatic carbocycles. The Morgan fingerprint density at radius 3 is 2.16 bits per heavy atom. The third kappa shape index (κ3) is 2.95. The fourth-order valence-corrected chi connectivity index (χ4v) is 11.0. The van der Waals surface area contributed by atoms with E-state index in [1.807, 2.05) is 0 Å². The molecule has 2 aromatic rings. The number of alkyl halides is 3. The van der Waals surface area contributed by atoms with E-state index in [2.05, 4.69) is 0 Å². The van der Waals surface area contributed by atoms with Gasteiger partial charge in [0.1, 0.15) is 0 Å². The number of hydrogen-bond acceptors (Lipinski definition) is 4. The molecule has 0 aromatic heterocycles. The number of rotatable bonds is 4. The molecular weight excluding hydrogens is 476 g/mol. The number of benzene rings is 2. The molecule has 0 fully saturated rings. The summed E-state index contributed by atoms with van der Waals surface area (Å²) >= 11 is -6.29. The molecule has 0 amide bonds. The Bertz CT molecular complexity index is 891. The van der Waals surface area contributed by atoms with Crippen molar-refractivity contribution in [2.45, 2.75) is 3.26 Å². The van der Waals surface area contributed by atoms with Crippen molar-refractivity contribution in [3.63, 3.8) is 0 Å². The average molecular weight is 489 g/mol. The molecule has 0 saturated heterocycles. The number of halogens is 4. The molecule has 138 valence electrons. The Kier molecular flexibility index (Phi) is 4.62. The topological polar surface area (TPSA) is 72.8 Å². The second-order valence-electron chi connectivity index (χ2n) is 5.00. The van der Waals surface area contributed by atoms with Crippen LogP contribution in [0.1, 0.15) is 0 Å². The van der Waals surface area contributed by atoms with Gasteiger partial charge in [0.15, 0.2) is 0 Å². The third-order valence-electron chi connectivity index (χ3n) is 3.43. The van der Waals surface area contributed by atoms with E-state index in [9.17, 15) is 17.2 Å². The third-order valence-corrected chi connectivity index (χ3v) is 13.7.